The van der Waals surface area contributed by atoms with Crippen molar-refractivity contribution < 1.29 is 9.59 Å². The first kappa shape index (κ1) is 20.6. The molecule has 0 amide bonds. The Kier molecular flexibility index (Phi) is 5.49. The summed E-state index contributed by atoms with van der Waals surface area (Å²) in [5.74, 6) is -0.370. The molecule has 0 fully saturated rings. The zero-order chi connectivity index (χ0) is 22.1. The molecule has 4 rings (SSSR count). The van der Waals surface area contributed by atoms with Gasteiger partial charge in [-0.1, -0.05) is 77.8 Å². The Labute approximate surface area is 185 Å². The second kappa shape index (κ2) is 8.25. The molecule has 0 aliphatic rings. The van der Waals surface area contributed by atoms with E-state index in [2.05, 4.69) is 4.98 Å². The molecular weight excluding hydrogens is 408 g/mol. The Bertz CT molecular complexity index is 1310. The highest BCUT2D eigenvalue weighted by Crippen LogP contribution is 2.37. The van der Waals surface area contributed by atoms with E-state index in [4.69, 9.17) is 17.3 Å². The first-order chi connectivity index (χ1) is 14.9. The molecule has 0 radical (unpaired) electrons. The number of carbonyl (C=O) groups excluding carboxylic acids is 2. The Morgan fingerprint density at radius 1 is 0.839 bits per heavy atom. The lowest BCUT2D eigenvalue weighted by Crippen LogP contribution is -2.07. The normalized spacial score (nSPS) is 10.8. The van der Waals surface area contributed by atoms with Crippen molar-refractivity contribution in [1.29, 1.82) is 0 Å². The molecule has 0 aliphatic heterocycles. The van der Waals surface area contributed by atoms with Gasteiger partial charge in [-0.3, -0.25) is 9.59 Å². The van der Waals surface area contributed by atoms with Crippen molar-refractivity contribution in [1.82, 2.24) is 4.98 Å². The summed E-state index contributed by atoms with van der Waals surface area (Å²) < 4.78 is 0. The topological polar surface area (TPSA) is 75.9 Å². The van der Waals surface area contributed by atoms with Gasteiger partial charge >= 0.3 is 0 Å². The van der Waals surface area contributed by atoms with Crippen molar-refractivity contribution in [2.75, 3.05) is 5.73 Å². The van der Waals surface area contributed by atoms with Crippen LogP contribution in [0.3, 0.4) is 0 Å². The maximum atomic E-state index is 13.5. The van der Waals surface area contributed by atoms with E-state index in [1.165, 1.54) is 0 Å². The number of ketones is 2. The summed E-state index contributed by atoms with van der Waals surface area (Å²) >= 11 is 6.11. The third-order valence-corrected chi connectivity index (χ3v) is 5.49. The Hall–Kier alpha value is -3.63. The van der Waals surface area contributed by atoms with Gasteiger partial charge in [0.05, 0.1) is 11.3 Å². The average molecular weight is 429 g/mol. The van der Waals surface area contributed by atoms with Gasteiger partial charge in [0.15, 0.2) is 5.78 Å². The summed E-state index contributed by atoms with van der Waals surface area (Å²) in [6, 6.07) is 21.5. The molecule has 1 aromatic heterocycles. The third kappa shape index (κ3) is 3.90. The van der Waals surface area contributed by atoms with Crippen molar-refractivity contribution in [3.8, 4) is 11.1 Å². The van der Waals surface area contributed by atoms with Gasteiger partial charge < -0.3 is 10.7 Å². The van der Waals surface area contributed by atoms with E-state index in [-0.39, 0.29) is 22.9 Å². The largest absolute Gasteiger partial charge is 0.385 e. The van der Waals surface area contributed by atoms with Crippen LogP contribution in [0.1, 0.15) is 43.1 Å². The number of rotatable bonds is 5. The van der Waals surface area contributed by atoms with Gasteiger partial charge in [0.25, 0.3) is 0 Å². The second-order valence-corrected chi connectivity index (χ2v) is 7.95. The minimum atomic E-state index is -0.293. The van der Waals surface area contributed by atoms with Crippen LogP contribution >= 0.6 is 11.6 Å². The van der Waals surface area contributed by atoms with Gasteiger partial charge in [-0.05, 0) is 37.1 Å². The Morgan fingerprint density at radius 3 is 2.23 bits per heavy atom. The fraction of sp³-hybridized carbons (Fsp3) is 0.0769. The average Bonchev–Trinajstić information content (AvgIpc) is 3.10. The van der Waals surface area contributed by atoms with Crippen molar-refractivity contribution in [3.05, 3.63) is 111 Å². The molecule has 0 saturated carbocycles. The Balaban J connectivity index is 1.98. The molecule has 154 valence electrons. The number of benzene rings is 3. The number of nitrogens with two attached hydrogens (primary N) is 1. The van der Waals surface area contributed by atoms with Gasteiger partial charge in [-0.25, -0.2) is 0 Å². The van der Waals surface area contributed by atoms with E-state index in [1.807, 2.05) is 38.1 Å². The number of aromatic amines is 1. The Morgan fingerprint density at radius 2 is 1.55 bits per heavy atom. The fourth-order valence-electron chi connectivity index (χ4n) is 3.80. The molecule has 0 spiro atoms. The van der Waals surface area contributed by atoms with Crippen LogP contribution in [-0.2, 0) is 0 Å². The first-order valence-corrected chi connectivity index (χ1v) is 10.2. The van der Waals surface area contributed by atoms with Crippen LogP contribution in [-0.4, -0.2) is 16.6 Å². The van der Waals surface area contributed by atoms with Crippen LogP contribution in [0.2, 0.25) is 5.02 Å². The van der Waals surface area contributed by atoms with Crippen LogP contribution in [0.15, 0.2) is 72.8 Å². The van der Waals surface area contributed by atoms with Crippen LogP contribution in [0.5, 0.6) is 0 Å². The molecule has 0 saturated heterocycles. The predicted octanol–water partition coefficient (Wildman–Crippen LogP) is 6.00. The summed E-state index contributed by atoms with van der Waals surface area (Å²) in [5.41, 5.74) is 11.1. The monoisotopic (exact) mass is 428 g/mol. The molecule has 0 aliphatic carbocycles. The van der Waals surface area contributed by atoms with Crippen LogP contribution in [0, 0.1) is 13.8 Å². The molecule has 0 atom stereocenters. The number of hydrogen-bond acceptors (Lipinski definition) is 3. The third-order valence-electron chi connectivity index (χ3n) is 5.26. The highest BCUT2D eigenvalue weighted by Gasteiger charge is 2.28. The molecule has 1 heterocycles. The van der Waals surface area contributed by atoms with E-state index in [9.17, 15) is 9.59 Å². The number of nitrogen functional groups attached to an aromatic ring is 1. The lowest BCUT2D eigenvalue weighted by Gasteiger charge is -2.11. The van der Waals surface area contributed by atoms with Gasteiger partial charge in [-0.2, -0.15) is 0 Å². The summed E-state index contributed by atoms with van der Waals surface area (Å²) in [5, 5.41) is 0.452. The molecular formula is C26H21ClN2O2. The SMILES string of the molecule is Cc1ccc(-c2c(C(=O)c3ccccc3)[nH]c(N)c2C(=O)c2cccc(Cl)c2)c(C)c1. The fourth-order valence-corrected chi connectivity index (χ4v) is 3.99. The van der Waals surface area contributed by atoms with Gasteiger partial charge in [0.2, 0.25) is 5.78 Å². The quantitative estimate of drug-likeness (QED) is 0.383. The molecule has 31 heavy (non-hydrogen) atoms. The highest BCUT2D eigenvalue weighted by molar-refractivity contribution is 6.31. The van der Waals surface area contributed by atoms with Crippen LogP contribution in [0.25, 0.3) is 11.1 Å². The van der Waals surface area contributed by atoms with Crippen LogP contribution < -0.4 is 5.73 Å². The minimum Gasteiger partial charge on any atom is -0.385 e. The van der Waals surface area contributed by atoms with Crippen molar-refractivity contribution in [2.45, 2.75) is 13.8 Å². The molecule has 0 unspecified atom stereocenters. The zero-order valence-corrected chi connectivity index (χ0v) is 18.0. The number of H-pyrrole nitrogens is 1. The van der Waals surface area contributed by atoms with E-state index in [0.29, 0.717) is 27.4 Å². The minimum absolute atomic E-state index is 0.152. The maximum absolute atomic E-state index is 13.5. The van der Waals surface area contributed by atoms with Crippen molar-refractivity contribution >= 4 is 29.0 Å². The lowest BCUT2D eigenvalue weighted by atomic mass is 9.90. The van der Waals surface area contributed by atoms with Gasteiger partial charge in [0, 0.05) is 21.7 Å². The lowest BCUT2D eigenvalue weighted by molar-refractivity contribution is 0.103. The summed E-state index contributed by atoms with van der Waals surface area (Å²) in [6.45, 7) is 3.95. The number of aromatic nitrogens is 1. The molecule has 4 aromatic rings. The van der Waals surface area contributed by atoms with Gasteiger partial charge in [-0.15, -0.1) is 0 Å². The number of nitrogens with one attached hydrogen (secondary N) is 1. The second-order valence-electron chi connectivity index (χ2n) is 7.52. The maximum Gasteiger partial charge on any atom is 0.209 e. The smallest absolute Gasteiger partial charge is 0.209 e. The molecule has 5 heteroatoms. The van der Waals surface area contributed by atoms with Gasteiger partial charge in [0.1, 0.15) is 5.82 Å². The number of anilines is 1. The van der Waals surface area contributed by atoms with E-state index >= 15 is 0 Å². The van der Waals surface area contributed by atoms with Crippen LogP contribution in [0.4, 0.5) is 5.82 Å². The van der Waals surface area contributed by atoms with E-state index in [0.717, 1.165) is 16.7 Å². The predicted molar refractivity (Wildman–Crippen MR) is 125 cm³/mol. The first-order valence-electron chi connectivity index (χ1n) is 9.86. The zero-order valence-electron chi connectivity index (χ0n) is 17.2. The highest BCUT2D eigenvalue weighted by atomic mass is 35.5. The standard InChI is InChI=1S/C26H21ClN2O2/c1-15-11-12-20(16(2)13-15)21-22(24(30)18-9-6-10-19(27)14-18)26(28)29-23(21)25(31)17-7-4-3-5-8-17/h3-14,29H,28H2,1-2H3. The van der Waals surface area contributed by atoms with E-state index in [1.54, 1.807) is 48.5 Å². The molecule has 3 aromatic carbocycles. The summed E-state index contributed by atoms with van der Waals surface area (Å²) in [6.07, 6.45) is 0. The number of carbonyl (C=O) groups is 2. The van der Waals surface area contributed by atoms with Crippen molar-refractivity contribution in [2.24, 2.45) is 0 Å². The van der Waals surface area contributed by atoms with Crippen molar-refractivity contribution in [3.63, 3.8) is 0 Å². The molecule has 3 N–H and O–H groups in total. The molecule has 4 nitrogen and oxygen atoms in total. The number of hydrogen-bond donors (Lipinski definition) is 2. The van der Waals surface area contributed by atoms with E-state index < -0.39 is 0 Å². The number of halogens is 1. The molecule has 0 bridgehead atoms. The summed E-state index contributed by atoms with van der Waals surface area (Å²) in [7, 11) is 0. The number of aryl methyl sites for hydroxylation is 2. The summed E-state index contributed by atoms with van der Waals surface area (Å²) in [4.78, 5) is 29.9.